The smallest absolute Gasteiger partial charge is 0.373 e. The molecule has 7 aliphatic rings. The topological polar surface area (TPSA) is 163 Å². The van der Waals surface area contributed by atoms with Gasteiger partial charge in [0.15, 0.2) is 17.3 Å². The maximum atomic E-state index is 12.2. The Morgan fingerprint density at radius 3 is 1.40 bits per heavy atom. The van der Waals surface area contributed by atoms with Crippen molar-refractivity contribution < 1.29 is 47.8 Å². The summed E-state index contributed by atoms with van der Waals surface area (Å²) in [5, 5.41) is 3.30. The van der Waals surface area contributed by atoms with Crippen molar-refractivity contribution in [3.8, 4) is 21.3 Å². The van der Waals surface area contributed by atoms with Gasteiger partial charge in [-0.25, -0.2) is 0 Å². The van der Waals surface area contributed by atoms with Crippen LogP contribution in [-0.2, 0) is 38.3 Å². The number of carbonyl (C=O) groups is 5. The largest absolute Gasteiger partial charge is 0.485 e. The molecule has 6 saturated heterocycles. The molecule has 4 amide bonds. The number of hydrogen-bond donors (Lipinski definition) is 0. The summed E-state index contributed by atoms with van der Waals surface area (Å²) in [6, 6.07) is 16.4. The molecule has 7 aliphatic heterocycles. The number of carbonyl (C=O) groups excluding carboxylic acids is 7. The van der Waals surface area contributed by atoms with Crippen LogP contribution < -0.4 is 14.4 Å². The number of fused-ring (bicyclic) bond motifs is 1. The molecule has 468 valence electrons. The predicted octanol–water partition coefficient (Wildman–Crippen LogP) is 15.6. The molecule has 6 fully saturated rings. The van der Waals surface area contributed by atoms with Gasteiger partial charge in [-0.2, -0.15) is 9.59 Å². The lowest BCUT2D eigenvalue weighted by Gasteiger charge is -2.27. The van der Waals surface area contributed by atoms with E-state index in [1.165, 1.54) is 96.2 Å². The highest BCUT2D eigenvalue weighted by Gasteiger charge is 2.35. The highest BCUT2D eigenvalue weighted by atomic mass is 79.9. The molecule has 0 radical (unpaired) electrons. The van der Waals surface area contributed by atoms with Gasteiger partial charge in [0, 0.05) is 68.5 Å². The first-order valence-corrected chi connectivity index (χ1v) is 37.6. The van der Waals surface area contributed by atoms with Crippen LogP contribution in [0.25, 0.3) is 40.1 Å². The van der Waals surface area contributed by atoms with Gasteiger partial charge in [-0.1, -0.05) is 133 Å². The van der Waals surface area contributed by atoms with Crippen molar-refractivity contribution in [2.45, 2.75) is 42.0 Å². The third-order valence-corrected chi connectivity index (χ3v) is 25.8. The first-order chi connectivity index (χ1) is 42.3. The van der Waals surface area contributed by atoms with Crippen molar-refractivity contribution in [3.63, 3.8) is 0 Å². The number of rotatable bonds is 11. The number of anilines is 1. The monoisotopic (exact) mass is 1540 g/mol. The molecule has 5 aromatic rings. The van der Waals surface area contributed by atoms with Crippen molar-refractivity contribution >= 4 is 285 Å². The van der Waals surface area contributed by atoms with Crippen LogP contribution in [0.3, 0.4) is 0 Å². The summed E-state index contributed by atoms with van der Waals surface area (Å²) in [5.41, 5.74) is 0. The Bertz CT molecular complexity index is 3770. The van der Waals surface area contributed by atoms with Gasteiger partial charge >= 0.3 is 6.15 Å². The SMILES string of the molecule is C.CCN1C(=O)/C(=C/c2ccc(-c3cccs3)s2)SC1=S.CCN1C(=O)/C(=C/c2ccc(/C=C3\SC(=S)C(C)C3=O)s2)SC1=S.CCN1C(=O)/C(=C/c2ccc(N3CCOCC3)s2)SC1=S.CCN1C(=O)/C(=C/c2sc(Br)c3c2OCCO3)SC1=S.O=C=O. The minimum atomic E-state index is -0.189. The number of morpholine rings is 1. The second-order valence-corrected chi connectivity index (χ2v) is 33.3. The molecular weight excluding hydrogens is 1490 g/mol. The molecular formula is C58H54BrN5O10S15. The van der Waals surface area contributed by atoms with Crippen molar-refractivity contribution in [2.24, 2.45) is 5.92 Å². The number of nitrogens with zero attached hydrogens (tertiary/aromatic N) is 5. The molecule has 0 aromatic carbocycles. The molecule has 1 unspecified atom stereocenters. The molecule has 12 rings (SSSR count). The normalized spacial score (nSPS) is 20.4. The Morgan fingerprint density at radius 2 is 0.966 bits per heavy atom. The van der Waals surface area contributed by atoms with Gasteiger partial charge in [0.05, 0.1) is 57.7 Å². The Labute approximate surface area is 592 Å². The molecule has 0 N–H and O–H groups in total. The highest BCUT2D eigenvalue weighted by molar-refractivity contribution is 9.11. The van der Waals surface area contributed by atoms with Crippen molar-refractivity contribution in [1.29, 1.82) is 0 Å². The molecule has 1 atom stereocenters. The summed E-state index contributed by atoms with van der Waals surface area (Å²) in [4.78, 5) is 96.8. The number of amides is 4. The summed E-state index contributed by atoms with van der Waals surface area (Å²) in [6.45, 7) is 16.5. The minimum Gasteiger partial charge on any atom is -0.485 e. The number of Topliss-reactive ketones (excluding diaryl/α,β-unsaturated/α-hetero) is 1. The highest BCUT2D eigenvalue weighted by Crippen LogP contribution is 2.49. The van der Waals surface area contributed by atoms with Crippen LogP contribution in [0, 0.1) is 5.92 Å². The van der Waals surface area contributed by atoms with E-state index in [4.69, 9.17) is 84.9 Å². The number of ether oxygens (including phenoxy) is 3. The molecule has 0 spiro atoms. The van der Waals surface area contributed by atoms with E-state index in [1.807, 2.05) is 83.2 Å². The van der Waals surface area contributed by atoms with Gasteiger partial charge in [0.25, 0.3) is 23.6 Å². The fourth-order valence-electron chi connectivity index (χ4n) is 8.31. The summed E-state index contributed by atoms with van der Waals surface area (Å²) >= 11 is 44.5. The number of allylic oxidation sites excluding steroid dienone is 1. The first kappa shape index (κ1) is 72.6. The number of hydrogen-bond acceptors (Lipinski definition) is 26. The summed E-state index contributed by atoms with van der Waals surface area (Å²) < 4.78 is 20.7. The van der Waals surface area contributed by atoms with E-state index in [2.05, 4.69) is 56.5 Å². The van der Waals surface area contributed by atoms with Crippen LogP contribution in [0.1, 0.15) is 66.4 Å². The molecule has 0 bridgehead atoms. The fraction of sp³-hybridized carbons (Fsp3) is 0.293. The Morgan fingerprint density at radius 1 is 0.539 bits per heavy atom. The van der Waals surface area contributed by atoms with Gasteiger partial charge in [0.2, 0.25) is 0 Å². The standard InChI is InChI=1S/C16H13NO2S5.C14H16N2O2S3.C14H11NOS4.C12H10BrNO3S3.CO2.CH4/c1-3-17-14(19)12(24-16(17)21)7-10-5-4-9(22-10)6-11-13(18)8(2)15(20)23-11;1-2-16-13(17)11(21-14(16)19)9-10-3-4-12(20-10)15-5-7-18-8-6-15;1-2-15-13(16)12(20-14(15)17)8-9-5-6-11(19-9)10-4-3-7-18-10;1-2-14-11(15)7(20-12(14)18)5-6-8-9(10(13)19-6)17-4-3-16-8;2-1-3;/h4-8H,3H2,1-2H3;3-4,9H,2,5-8H2,1H3;3-8H,2H2,1H3;5H,2-4H2,1H3;;1H4/b11-6-,12-7-;11-9-;12-8-;7-5-;;. The van der Waals surface area contributed by atoms with Crippen molar-refractivity contribution in [1.82, 2.24) is 19.6 Å². The van der Waals surface area contributed by atoms with Gasteiger partial charge in [-0.15, -0.1) is 56.7 Å². The second-order valence-electron chi connectivity index (χ2n) is 18.1. The second kappa shape index (κ2) is 34.4. The van der Waals surface area contributed by atoms with Crippen LogP contribution in [0.5, 0.6) is 11.5 Å². The molecule has 0 saturated carbocycles. The van der Waals surface area contributed by atoms with E-state index < -0.39 is 0 Å². The Hall–Kier alpha value is -3.83. The van der Waals surface area contributed by atoms with E-state index in [9.17, 15) is 24.0 Å². The maximum Gasteiger partial charge on any atom is 0.373 e. The summed E-state index contributed by atoms with van der Waals surface area (Å²) in [6.07, 6.45) is 9.71. The average molecular weight is 1540 g/mol. The summed E-state index contributed by atoms with van der Waals surface area (Å²) in [5.74, 6) is 1.28. The average Bonchev–Trinajstić information content (AvgIpc) is 1.88. The predicted molar refractivity (Wildman–Crippen MR) is 399 cm³/mol. The van der Waals surface area contributed by atoms with Crippen LogP contribution in [0.2, 0.25) is 0 Å². The number of ketones is 1. The molecule has 5 aromatic heterocycles. The zero-order valence-corrected chi connectivity index (χ0v) is 60.9. The van der Waals surface area contributed by atoms with Gasteiger partial charge in [-0.05, 0) is 129 Å². The van der Waals surface area contributed by atoms with E-state index in [0.717, 1.165) is 74.2 Å². The van der Waals surface area contributed by atoms with Crippen molar-refractivity contribution in [2.75, 3.05) is 70.6 Å². The lowest BCUT2D eigenvalue weighted by atomic mass is 10.1. The Kier molecular flexibility index (Phi) is 28.0. The number of thiophene rings is 5. The van der Waals surface area contributed by atoms with Crippen molar-refractivity contribution in [3.05, 3.63) is 107 Å². The molecule has 31 heteroatoms. The zero-order chi connectivity index (χ0) is 63.3. The number of likely N-dealkylation sites (N-methyl/N-ethyl adjacent to an activating group) is 4. The number of thioether (sulfide) groups is 5. The van der Waals surface area contributed by atoms with E-state index in [0.29, 0.717) is 77.1 Å². The number of halogens is 1. The molecule has 89 heavy (non-hydrogen) atoms. The molecule has 15 nitrogen and oxygen atoms in total. The first-order valence-electron chi connectivity index (χ1n) is 26.5. The number of thiocarbonyl (C=S) groups is 5. The lowest BCUT2D eigenvalue weighted by molar-refractivity contribution is -0.191. The van der Waals surface area contributed by atoms with E-state index >= 15 is 0 Å². The maximum absolute atomic E-state index is 12.2. The zero-order valence-electron chi connectivity index (χ0n) is 47.1. The van der Waals surface area contributed by atoms with E-state index in [1.54, 1.807) is 53.6 Å². The van der Waals surface area contributed by atoms with Crippen LogP contribution in [-0.4, -0.2) is 142 Å². The van der Waals surface area contributed by atoms with Gasteiger partial charge < -0.3 is 19.1 Å². The fourth-order valence-corrected chi connectivity index (χ4v) is 20.9. The van der Waals surface area contributed by atoms with Gasteiger partial charge in [0.1, 0.15) is 34.3 Å². The van der Waals surface area contributed by atoms with Crippen LogP contribution in [0.4, 0.5) is 5.00 Å². The van der Waals surface area contributed by atoms with Crippen LogP contribution in [0.15, 0.2) is 82.2 Å². The summed E-state index contributed by atoms with van der Waals surface area (Å²) in [7, 11) is 0. The Balaban J connectivity index is 0.000000166. The molecule has 0 aliphatic carbocycles. The quantitative estimate of drug-likeness (QED) is 0.0905. The van der Waals surface area contributed by atoms with Gasteiger partial charge in [-0.3, -0.25) is 43.6 Å². The molecule has 12 heterocycles. The third kappa shape index (κ3) is 18.1. The van der Waals surface area contributed by atoms with E-state index in [-0.39, 0.29) is 48.9 Å². The minimum absolute atomic E-state index is 0. The van der Waals surface area contributed by atoms with Crippen LogP contribution >= 0.6 is 193 Å². The lowest BCUT2D eigenvalue weighted by Crippen LogP contribution is -2.35. The third-order valence-electron chi connectivity index (χ3n) is 12.7.